The molecule has 1 aromatic carbocycles. The summed E-state index contributed by atoms with van der Waals surface area (Å²) >= 11 is 6.47. The summed E-state index contributed by atoms with van der Waals surface area (Å²) in [6.45, 7) is 1.95. The highest BCUT2D eigenvalue weighted by Gasteiger charge is 2.15. The number of para-hydroxylation sites is 1. The van der Waals surface area contributed by atoms with Crippen LogP contribution in [-0.2, 0) is 0 Å². The SMILES string of the molecule is Cc1nn(-c2ccccc2)c(Cl)c1-c1cccnc1. The van der Waals surface area contributed by atoms with Gasteiger partial charge in [-0.25, -0.2) is 4.68 Å². The van der Waals surface area contributed by atoms with Crippen LogP contribution in [0.5, 0.6) is 0 Å². The van der Waals surface area contributed by atoms with Gasteiger partial charge in [0.15, 0.2) is 0 Å². The van der Waals surface area contributed by atoms with Crippen molar-refractivity contribution in [3.8, 4) is 16.8 Å². The molecule has 3 aromatic rings. The second-order valence-corrected chi connectivity index (χ2v) is 4.60. The summed E-state index contributed by atoms with van der Waals surface area (Å²) in [6, 6.07) is 13.7. The molecule has 19 heavy (non-hydrogen) atoms. The van der Waals surface area contributed by atoms with Crippen molar-refractivity contribution in [2.24, 2.45) is 0 Å². The predicted octanol–water partition coefficient (Wildman–Crippen LogP) is 3.90. The van der Waals surface area contributed by atoms with E-state index in [4.69, 9.17) is 11.6 Å². The van der Waals surface area contributed by atoms with Gasteiger partial charge in [-0.3, -0.25) is 4.98 Å². The van der Waals surface area contributed by atoms with Gasteiger partial charge in [0.05, 0.1) is 11.4 Å². The fraction of sp³-hybridized carbons (Fsp3) is 0.0667. The number of benzene rings is 1. The zero-order valence-corrected chi connectivity index (χ0v) is 11.2. The van der Waals surface area contributed by atoms with Crippen LogP contribution in [0.2, 0.25) is 5.15 Å². The number of pyridine rings is 1. The van der Waals surface area contributed by atoms with E-state index >= 15 is 0 Å². The Morgan fingerprint density at radius 2 is 1.84 bits per heavy atom. The fourth-order valence-corrected chi connectivity index (χ4v) is 2.46. The van der Waals surface area contributed by atoms with E-state index in [0.717, 1.165) is 22.5 Å². The van der Waals surface area contributed by atoms with E-state index in [1.807, 2.05) is 49.4 Å². The number of nitrogens with zero attached hydrogens (tertiary/aromatic N) is 3. The number of rotatable bonds is 2. The lowest BCUT2D eigenvalue weighted by Crippen LogP contribution is -1.95. The predicted molar refractivity (Wildman–Crippen MR) is 76.5 cm³/mol. The summed E-state index contributed by atoms with van der Waals surface area (Å²) in [4.78, 5) is 4.13. The standard InChI is InChI=1S/C15H12ClN3/c1-11-14(12-6-5-9-17-10-12)15(16)19(18-11)13-7-3-2-4-8-13/h2-10H,1H3. The molecule has 2 heterocycles. The lowest BCUT2D eigenvalue weighted by molar-refractivity contribution is 0.863. The van der Waals surface area contributed by atoms with Crippen molar-refractivity contribution < 1.29 is 0 Å². The largest absolute Gasteiger partial charge is 0.264 e. The normalized spacial score (nSPS) is 10.6. The molecule has 0 spiro atoms. The van der Waals surface area contributed by atoms with E-state index in [1.54, 1.807) is 17.1 Å². The summed E-state index contributed by atoms with van der Waals surface area (Å²) < 4.78 is 1.75. The molecule has 0 N–H and O–H groups in total. The molecule has 3 nitrogen and oxygen atoms in total. The van der Waals surface area contributed by atoms with Gasteiger partial charge in [-0.15, -0.1) is 0 Å². The lowest BCUT2D eigenvalue weighted by Gasteiger charge is -2.03. The highest BCUT2D eigenvalue weighted by Crippen LogP contribution is 2.32. The van der Waals surface area contributed by atoms with Crippen LogP contribution in [0.15, 0.2) is 54.9 Å². The molecule has 2 aromatic heterocycles. The van der Waals surface area contributed by atoms with Gasteiger partial charge in [0.2, 0.25) is 0 Å². The Morgan fingerprint density at radius 3 is 2.53 bits per heavy atom. The van der Waals surface area contributed by atoms with Crippen LogP contribution < -0.4 is 0 Å². The molecule has 0 saturated carbocycles. The number of aryl methyl sites for hydroxylation is 1. The van der Waals surface area contributed by atoms with Gasteiger partial charge >= 0.3 is 0 Å². The van der Waals surface area contributed by atoms with E-state index in [1.165, 1.54) is 0 Å². The van der Waals surface area contributed by atoms with E-state index in [9.17, 15) is 0 Å². The molecule has 0 atom stereocenters. The van der Waals surface area contributed by atoms with Crippen LogP contribution in [0.4, 0.5) is 0 Å². The fourth-order valence-electron chi connectivity index (χ4n) is 2.08. The smallest absolute Gasteiger partial charge is 0.141 e. The molecule has 0 fully saturated rings. The molecule has 0 saturated heterocycles. The first kappa shape index (κ1) is 11.9. The third-order valence-electron chi connectivity index (χ3n) is 2.96. The molecule has 0 unspecified atom stereocenters. The molecule has 94 valence electrons. The van der Waals surface area contributed by atoms with Gasteiger partial charge in [-0.2, -0.15) is 5.10 Å². The van der Waals surface area contributed by atoms with Crippen molar-refractivity contribution in [1.29, 1.82) is 0 Å². The van der Waals surface area contributed by atoms with Crippen molar-refractivity contribution in [2.75, 3.05) is 0 Å². The van der Waals surface area contributed by atoms with Crippen molar-refractivity contribution in [3.05, 3.63) is 65.7 Å². The quantitative estimate of drug-likeness (QED) is 0.706. The van der Waals surface area contributed by atoms with Crippen molar-refractivity contribution in [2.45, 2.75) is 6.92 Å². The molecular formula is C15H12ClN3. The minimum absolute atomic E-state index is 0.608. The van der Waals surface area contributed by atoms with E-state index in [2.05, 4.69) is 10.1 Å². The zero-order chi connectivity index (χ0) is 13.2. The number of hydrogen-bond donors (Lipinski definition) is 0. The summed E-state index contributed by atoms with van der Waals surface area (Å²) in [6.07, 6.45) is 3.54. The summed E-state index contributed by atoms with van der Waals surface area (Å²) in [7, 11) is 0. The molecule has 3 rings (SSSR count). The third kappa shape index (κ3) is 2.13. The van der Waals surface area contributed by atoms with E-state index in [0.29, 0.717) is 5.15 Å². The average molecular weight is 270 g/mol. The Kier molecular flexibility index (Phi) is 3.05. The molecule has 0 amide bonds. The lowest BCUT2D eigenvalue weighted by atomic mass is 10.1. The van der Waals surface area contributed by atoms with Crippen LogP contribution in [0.25, 0.3) is 16.8 Å². The Hall–Kier alpha value is -2.13. The van der Waals surface area contributed by atoms with Gasteiger partial charge in [0.1, 0.15) is 5.15 Å². The molecule has 0 radical (unpaired) electrons. The Bertz CT molecular complexity index is 690. The maximum Gasteiger partial charge on any atom is 0.141 e. The minimum Gasteiger partial charge on any atom is -0.264 e. The van der Waals surface area contributed by atoms with Crippen LogP contribution in [0.3, 0.4) is 0 Å². The molecule has 0 aliphatic rings. The monoisotopic (exact) mass is 269 g/mol. The van der Waals surface area contributed by atoms with Crippen LogP contribution in [0, 0.1) is 6.92 Å². The van der Waals surface area contributed by atoms with Gasteiger partial charge in [-0.1, -0.05) is 35.9 Å². The molecule has 0 aliphatic carbocycles. The first-order valence-corrected chi connectivity index (χ1v) is 6.36. The minimum atomic E-state index is 0.608. The summed E-state index contributed by atoms with van der Waals surface area (Å²) in [5.41, 5.74) is 3.75. The Balaban J connectivity index is 2.17. The van der Waals surface area contributed by atoms with Gasteiger partial charge < -0.3 is 0 Å². The van der Waals surface area contributed by atoms with Crippen molar-refractivity contribution in [1.82, 2.24) is 14.8 Å². The highest BCUT2D eigenvalue weighted by molar-refractivity contribution is 6.32. The molecular weight excluding hydrogens is 258 g/mol. The summed E-state index contributed by atoms with van der Waals surface area (Å²) in [5.74, 6) is 0. The Morgan fingerprint density at radius 1 is 1.05 bits per heavy atom. The van der Waals surface area contributed by atoms with Crippen molar-refractivity contribution in [3.63, 3.8) is 0 Å². The van der Waals surface area contributed by atoms with Crippen LogP contribution in [-0.4, -0.2) is 14.8 Å². The third-order valence-corrected chi connectivity index (χ3v) is 3.30. The maximum atomic E-state index is 6.47. The molecule has 4 heteroatoms. The number of aromatic nitrogens is 3. The van der Waals surface area contributed by atoms with Crippen molar-refractivity contribution >= 4 is 11.6 Å². The average Bonchev–Trinajstić information content (AvgIpc) is 2.76. The molecule has 0 bridgehead atoms. The molecule has 0 aliphatic heterocycles. The van der Waals surface area contributed by atoms with E-state index < -0.39 is 0 Å². The zero-order valence-electron chi connectivity index (χ0n) is 10.4. The van der Waals surface area contributed by atoms with Crippen LogP contribution in [0.1, 0.15) is 5.69 Å². The van der Waals surface area contributed by atoms with Gasteiger partial charge in [-0.05, 0) is 25.1 Å². The second kappa shape index (κ2) is 4.86. The first-order valence-electron chi connectivity index (χ1n) is 5.98. The Labute approximate surface area is 116 Å². The topological polar surface area (TPSA) is 30.7 Å². The van der Waals surface area contributed by atoms with Gasteiger partial charge in [0, 0.05) is 23.5 Å². The number of halogens is 1. The maximum absolute atomic E-state index is 6.47. The van der Waals surface area contributed by atoms with E-state index in [-0.39, 0.29) is 0 Å². The van der Waals surface area contributed by atoms with Crippen LogP contribution >= 0.6 is 11.6 Å². The second-order valence-electron chi connectivity index (χ2n) is 4.24. The highest BCUT2D eigenvalue weighted by atomic mass is 35.5. The van der Waals surface area contributed by atoms with Gasteiger partial charge in [0.25, 0.3) is 0 Å². The summed E-state index contributed by atoms with van der Waals surface area (Å²) in [5, 5.41) is 5.12. The first-order chi connectivity index (χ1) is 9.27. The number of hydrogen-bond acceptors (Lipinski definition) is 2.